The van der Waals surface area contributed by atoms with Crippen molar-refractivity contribution in [2.45, 2.75) is 52.0 Å². The van der Waals surface area contributed by atoms with Crippen molar-refractivity contribution in [1.82, 2.24) is 0 Å². The van der Waals surface area contributed by atoms with Crippen LogP contribution in [0.4, 0.5) is 0 Å². The average molecular weight is 155 g/mol. The van der Waals surface area contributed by atoms with Crippen LogP contribution >= 0.6 is 0 Å². The Morgan fingerprint density at radius 1 is 1.64 bits per heavy atom. The summed E-state index contributed by atoms with van der Waals surface area (Å²) in [5, 5.41) is 0. The third kappa shape index (κ3) is 1.76. The molecule has 1 heteroatoms. The van der Waals surface area contributed by atoms with Crippen molar-refractivity contribution in [3.05, 3.63) is 0 Å². The Hall–Kier alpha value is -0.0400. The minimum absolute atomic E-state index is 0.204. The number of rotatable bonds is 3. The van der Waals surface area contributed by atoms with Gasteiger partial charge in [-0.15, -0.1) is 0 Å². The molecule has 0 spiro atoms. The maximum atomic E-state index is 6.22. The molecule has 0 amide bonds. The van der Waals surface area contributed by atoms with E-state index < -0.39 is 0 Å². The van der Waals surface area contributed by atoms with Crippen molar-refractivity contribution in [1.29, 1.82) is 0 Å². The smallest absolute Gasteiger partial charge is 0.0182 e. The monoisotopic (exact) mass is 155 g/mol. The van der Waals surface area contributed by atoms with Crippen LogP contribution in [0.15, 0.2) is 0 Å². The number of hydrogen-bond acceptors (Lipinski definition) is 1. The lowest BCUT2D eigenvalue weighted by atomic mass is 9.64. The summed E-state index contributed by atoms with van der Waals surface area (Å²) in [5.74, 6) is 1.57. The van der Waals surface area contributed by atoms with Gasteiger partial charge in [0, 0.05) is 5.54 Å². The molecule has 66 valence electrons. The van der Waals surface area contributed by atoms with Crippen LogP contribution in [0.25, 0.3) is 0 Å². The quantitative estimate of drug-likeness (QED) is 0.666. The Morgan fingerprint density at radius 2 is 2.27 bits per heavy atom. The van der Waals surface area contributed by atoms with E-state index in [-0.39, 0.29) is 5.54 Å². The molecule has 1 fully saturated rings. The lowest BCUT2D eigenvalue weighted by molar-refractivity contribution is 0.113. The minimum Gasteiger partial charge on any atom is -0.325 e. The van der Waals surface area contributed by atoms with Crippen LogP contribution in [-0.4, -0.2) is 5.54 Å². The molecule has 1 nitrogen and oxygen atoms in total. The summed E-state index contributed by atoms with van der Waals surface area (Å²) in [6, 6.07) is 0. The van der Waals surface area contributed by atoms with E-state index >= 15 is 0 Å². The molecule has 0 saturated heterocycles. The second-order valence-corrected chi connectivity index (χ2v) is 4.39. The minimum atomic E-state index is 0.204. The van der Waals surface area contributed by atoms with Crippen LogP contribution in [0.2, 0.25) is 0 Å². The van der Waals surface area contributed by atoms with E-state index in [2.05, 4.69) is 20.8 Å². The predicted molar refractivity (Wildman–Crippen MR) is 49.4 cm³/mol. The highest BCUT2D eigenvalue weighted by Crippen LogP contribution is 2.40. The van der Waals surface area contributed by atoms with Crippen LogP contribution in [-0.2, 0) is 0 Å². The van der Waals surface area contributed by atoms with Crippen LogP contribution < -0.4 is 5.73 Å². The van der Waals surface area contributed by atoms with Gasteiger partial charge in [0.25, 0.3) is 0 Å². The van der Waals surface area contributed by atoms with Crippen LogP contribution in [0, 0.1) is 11.8 Å². The van der Waals surface area contributed by atoms with Crippen molar-refractivity contribution < 1.29 is 0 Å². The summed E-state index contributed by atoms with van der Waals surface area (Å²) in [4.78, 5) is 0. The van der Waals surface area contributed by atoms with Crippen LogP contribution in [0.5, 0.6) is 0 Å². The van der Waals surface area contributed by atoms with E-state index in [4.69, 9.17) is 5.73 Å². The van der Waals surface area contributed by atoms with E-state index in [9.17, 15) is 0 Å². The Kier molecular flexibility index (Phi) is 2.58. The highest BCUT2D eigenvalue weighted by atomic mass is 14.8. The first-order chi connectivity index (χ1) is 5.08. The molecule has 2 unspecified atom stereocenters. The molecule has 11 heavy (non-hydrogen) atoms. The van der Waals surface area contributed by atoms with Gasteiger partial charge in [0.1, 0.15) is 0 Å². The summed E-state index contributed by atoms with van der Waals surface area (Å²) in [6.45, 7) is 6.84. The second kappa shape index (κ2) is 3.14. The molecular weight excluding hydrogens is 134 g/mol. The van der Waals surface area contributed by atoms with Gasteiger partial charge in [-0.3, -0.25) is 0 Å². The fourth-order valence-electron chi connectivity index (χ4n) is 1.90. The second-order valence-electron chi connectivity index (χ2n) is 4.39. The fraction of sp³-hybridized carbons (Fsp3) is 1.00. The lowest BCUT2D eigenvalue weighted by Gasteiger charge is -2.46. The molecule has 2 N–H and O–H groups in total. The maximum absolute atomic E-state index is 6.22. The lowest BCUT2D eigenvalue weighted by Crippen LogP contribution is -2.54. The van der Waals surface area contributed by atoms with Crippen molar-refractivity contribution in [3.8, 4) is 0 Å². The average Bonchev–Trinajstić information content (AvgIpc) is 2.01. The molecule has 1 aliphatic rings. The zero-order chi connectivity index (χ0) is 8.48. The number of nitrogens with two attached hydrogens (primary N) is 1. The molecule has 0 aromatic rings. The normalized spacial score (nSPS) is 39.8. The fourth-order valence-corrected chi connectivity index (χ4v) is 1.90. The molecule has 0 bridgehead atoms. The summed E-state index contributed by atoms with van der Waals surface area (Å²) < 4.78 is 0. The van der Waals surface area contributed by atoms with Gasteiger partial charge in [0.2, 0.25) is 0 Å². The van der Waals surface area contributed by atoms with Gasteiger partial charge in [-0.2, -0.15) is 0 Å². The van der Waals surface area contributed by atoms with Gasteiger partial charge >= 0.3 is 0 Å². The Morgan fingerprint density at radius 3 is 2.55 bits per heavy atom. The van der Waals surface area contributed by atoms with E-state index in [1.165, 1.54) is 25.7 Å². The third-order valence-electron chi connectivity index (χ3n) is 3.45. The standard InChI is InChI=1S/C10H21N/c1-4-8(2)7-10(11)6-5-9(10)3/h8-9H,4-7,11H2,1-3H3/t8?,9?,10-/m1/s1. The predicted octanol–water partition coefficient (Wildman–Crippen LogP) is 2.55. The first-order valence-corrected chi connectivity index (χ1v) is 4.87. The molecule has 1 aliphatic carbocycles. The van der Waals surface area contributed by atoms with Crippen molar-refractivity contribution >= 4 is 0 Å². The third-order valence-corrected chi connectivity index (χ3v) is 3.45. The van der Waals surface area contributed by atoms with E-state index in [1.807, 2.05) is 0 Å². The zero-order valence-corrected chi connectivity index (χ0v) is 8.06. The summed E-state index contributed by atoms with van der Waals surface area (Å²) in [6.07, 6.45) is 5.09. The van der Waals surface area contributed by atoms with Crippen molar-refractivity contribution in [2.24, 2.45) is 17.6 Å². The highest BCUT2D eigenvalue weighted by molar-refractivity contribution is 4.98. The maximum Gasteiger partial charge on any atom is 0.0182 e. The van der Waals surface area contributed by atoms with Gasteiger partial charge in [-0.25, -0.2) is 0 Å². The molecule has 0 aliphatic heterocycles. The topological polar surface area (TPSA) is 26.0 Å². The Balaban J connectivity index is 2.35. The van der Waals surface area contributed by atoms with Gasteiger partial charge in [0.05, 0.1) is 0 Å². The zero-order valence-electron chi connectivity index (χ0n) is 8.06. The van der Waals surface area contributed by atoms with Crippen molar-refractivity contribution in [2.75, 3.05) is 0 Å². The SMILES string of the molecule is CCC(C)C[C@]1(N)CCC1C. The molecule has 1 saturated carbocycles. The van der Waals surface area contributed by atoms with Crippen LogP contribution in [0.3, 0.4) is 0 Å². The van der Waals surface area contributed by atoms with E-state index in [0.29, 0.717) is 0 Å². The van der Waals surface area contributed by atoms with Crippen molar-refractivity contribution in [3.63, 3.8) is 0 Å². The molecule has 1 rings (SSSR count). The highest BCUT2D eigenvalue weighted by Gasteiger charge is 2.40. The summed E-state index contributed by atoms with van der Waals surface area (Å²) in [5.41, 5.74) is 6.43. The largest absolute Gasteiger partial charge is 0.325 e. The molecule has 3 atom stereocenters. The molecular formula is C10H21N. The Bertz CT molecular complexity index is 133. The van der Waals surface area contributed by atoms with E-state index in [1.54, 1.807) is 0 Å². The molecule has 0 heterocycles. The summed E-state index contributed by atoms with van der Waals surface area (Å²) >= 11 is 0. The molecule has 0 aromatic heterocycles. The first-order valence-electron chi connectivity index (χ1n) is 4.87. The first kappa shape index (κ1) is 9.05. The molecule has 0 aromatic carbocycles. The van der Waals surface area contributed by atoms with Gasteiger partial charge in [-0.1, -0.05) is 27.2 Å². The number of hydrogen-bond donors (Lipinski definition) is 1. The summed E-state index contributed by atoms with van der Waals surface area (Å²) in [7, 11) is 0. The van der Waals surface area contributed by atoms with Gasteiger partial charge in [-0.05, 0) is 31.1 Å². The van der Waals surface area contributed by atoms with E-state index in [0.717, 1.165) is 11.8 Å². The van der Waals surface area contributed by atoms with Gasteiger partial charge in [0.15, 0.2) is 0 Å². The van der Waals surface area contributed by atoms with Gasteiger partial charge < -0.3 is 5.73 Å². The molecule has 0 radical (unpaired) electrons. The Labute approximate surface area is 70.4 Å². The van der Waals surface area contributed by atoms with Crippen LogP contribution in [0.1, 0.15) is 46.5 Å².